The third-order valence-corrected chi connectivity index (χ3v) is 2.66. The average molecular weight is 297 g/mol. The van der Waals surface area contributed by atoms with Crippen LogP contribution in [0.15, 0.2) is 9.52 Å². The van der Waals surface area contributed by atoms with Crippen molar-refractivity contribution in [1.29, 1.82) is 0 Å². The summed E-state index contributed by atoms with van der Waals surface area (Å²) >= 11 is 0. The van der Waals surface area contributed by atoms with Gasteiger partial charge in [0.05, 0.1) is 6.61 Å². The molecule has 0 aliphatic carbocycles. The molecule has 21 heavy (non-hydrogen) atoms. The van der Waals surface area contributed by atoms with Crippen LogP contribution in [-0.4, -0.2) is 42.4 Å². The standard InChI is InChI=1S/C14H27N5O2/c1-5-15-14(16-7-9-20-8-6-11(2)3)17-10-13-18-12(4)19-21-13/h11H,5-10H2,1-4H3,(H2,15,16,17). The van der Waals surface area contributed by atoms with Crippen LogP contribution in [0.5, 0.6) is 0 Å². The third kappa shape index (κ3) is 8.29. The van der Waals surface area contributed by atoms with Gasteiger partial charge in [-0.3, -0.25) is 0 Å². The lowest BCUT2D eigenvalue weighted by Gasteiger charge is -2.11. The van der Waals surface area contributed by atoms with Gasteiger partial charge in [0.15, 0.2) is 11.8 Å². The first-order valence-corrected chi connectivity index (χ1v) is 7.51. The Balaban J connectivity index is 2.25. The van der Waals surface area contributed by atoms with Gasteiger partial charge in [0.1, 0.15) is 6.54 Å². The highest BCUT2D eigenvalue weighted by atomic mass is 16.5. The highest BCUT2D eigenvalue weighted by molar-refractivity contribution is 5.79. The van der Waals surface area contributed by atoms with E-state index in [9.17, 15) is 0 Å². The molecule has 0 spiro atoms. The van der Waals surface area contributed by atoms with Gasteiger partial charge in [-0.2, -0.15) is 4.98 Å². The van der Waals surface area contributed by atoms with Gasteiger partial charge in [-0.25, -0.2) is 4.99 Å². The van der Waals surface area contributed by atoms with Gasteiger partial charge in [0, 0.05) is 19.7 Å². The molecule has 1 aromatic heterocycles. The van der Waals surface area contributed by atoms with Gasteiger partial charge in [-0.1, -0.05) is 19.0 Å². The fourth-order valence-corrected chi connectivity index (χ4v) is 1.56. The quantitative estimate of drug-likeness (QED) is 0.408. The molecule has 1 aromatic rings. The molecule has 0 unspecified atom stereocenters. The van der Waals surface area contributed by atoms with Crippen molar-refractivity contribution in [2.75, 3.05) is 26.3 Å². The summed E-state index contributed by atoms with van der Waals surface area (Å²) in [5, 5.41) is 10.1. The van der Waals surface area contributed by atoms with Crippen molar-refractivity contribution in [3.8, 4) is 0 Å². The summed E-state index contributed by atoms with van der Waals surface area (Å²) in [5.41, 5.74) is 0. The van der Waals surface area contributed by atoms with E-state index in [1.807, 2.05) is 6.92 Å². The SMILES string of the molecule is CCNC(=NCc1nc(C)no1)NCCOCCC(C)C. The van der Waals surface area contributed by atoms with E-state index in [-0.39, 0.29) is 0 Å². The van der Waals surface area contributed by atoms with Crippen LogP contribution in [0.25, 0.3) is 0 Å². The smallest absolute Gasteiger partial charge is 0.248 e. The van der Waals surface area contributed by atoms with E-state index in [2.05, 4.69) is 39.6 Å². The molecule has 120 valence electrons. The normalized spacial score (nSPS) is 12.0. The molecule has 0 bridgehead atoms. The lowest BCUT2D eigenvalue weighted by molar-refractivity contribution is 0.128. The molecule has 0 atom stereocenters. The first kappa shape index (κ1) is 17.4. The summed E-state index contributed by atoms with van der Waals surface area (Å²) < 4.78 is 10.6. The summed E-state index contributed by atoms with van der Waals surface area (Å²) in [5.74, 6) is 2.53. The van der Waals surface area contributed by atoms with Crippen LogP contribution in [0.1, 0.15) is 38.9 Å². The second kappa shape index (κ2) is 10.1. The van der Waals surface area contributed by atoms with Crippen molar-refractivity contribution < 1.29 is 9.26 Å². The number of nitrogens with zero attached hydrogens (tertiary/aromatic N) is 3. The molecule has 2 N–H and O–H groups in total. The van der Waals surface area contributed by atoms with Gasteiger partial charge in [-0.05, 0) is 26.2 Å². The van der Waals surface area contributed by atoms with Crippen molar-refractivity contribution in [2.24, 2.45) is 10.9 Å². The Hall–Kier alpha value is -1.63. The Bertz CT molecular complexity index is 417. The molecule has 0 saturated heterocycles. The molecular weight excluding hydrogens is 270 g/mol. The van der Waals surface area contributed by atoms with Gasteiger partial charge < -0.3 is 19.9 Å². The zero-order valence-corrected chi connectivity index (χ0v) is 13.5. The van der Waals surface area contributed by atoms with E-state index >= 15 is 0 Å². The number of aryl methyl sites for hydroxylation is 1. The molecule has 1 heterocycles. The Morgan fingerprint density at radius 2 is 2.14 bits per heavy atom. The zero-order valence-electron chi connectivity index (χ0n) is 13.5. The molecule has 0 radical (unpaired) electrons. The summed E-state index contributed by atoms with van der Waals surface area (Å²) in [7, 11) is 0. The van der Waals surface area contributed by atoms with Gasteiger partial charge in [-0.15, -0.1) is 0 Å². The van der Waals surface area contributed by atoms with E-state index in [0.717, 1.165) is 25.5 Å². The number of aromatic nitrogens is 2. The zero-order chi connectivity index (χ0) is 15.5. The number of aliphatic imine (C=N–C) groups is 1. The van der Waals surface area contributed by atoms with Crippen LogP contribution in [0, 0.1) is 12.8 Å². The highest BCUT2D eigenvalue weighted by Crippen LogP contribution is 1.98. The molecule has 0 fully saturated rings. The molecule has 0 aliphatic rings. The van der Waals surface area contributed by atoms with Crippen LogP contribution in [0.4, 0.5) is 0 Å². The summed E-state index contributed by atoms with van der Waals surface area (Å²) in [4.78, 5) is 8.50. The number of guanidine groups is 1. The third-order valence-electron chi connectivity index (χ3n) is 2.66. The van der Waals surface area contributed by atoms with Crippen molar-refractivity contribution in [3.63, 3.8) is 0 Å². The molecule has 1 rings (SSSR count). The monoisotopic (exact) mass is 297 g/mol. The Morgan fingerprint density at radius 1 is 1.33 bits per heavy atom. The molecule has 0 saturated carbocycles. The number of hydrogen-bond donors (Lipinski definition) is 2. The maximum Gasteiger partial charge on any atom is 0.248 e. The van der Waals surface area contributed by atoms with E-state index in [0.29, 0.717) is 37.3 Å². The van der Waals surface area contributed by atoms with E-state index < -0.39 is 0 Å². The number of nitrogens with one attached hydrogen (secondary N) is 2. The van der Waals surface area contributed by atoms with Crippen LogP contribution >= 0.6 is 0 Å². The van der Waals surface area contributed by atoms with Crippen molar-refractivity contribution in [3.05, 3.63) is 11.7 Å². The van der Waals surface area contributed by atoms with E-state index in [4.69, 9.17) is 9.26 Å². The van der Waals surface area contributed by atoms with Crippen molar-refractivity contribution >= 4 is 5.96 Å². The first-order valence-electron chi connectivity index (χ1n) is 7.51. The fourth-order valence-electron chi connectivity index (χ4n) is 1.56. The number of hydrogen-bond acceptors (Lipinski definition) is 5. The maximum absolute atomic E-state index is 5.55. The van der Waals surface area contributed by atoms with Gasteiger partial charge in [0.2, 0.25) is 5.89 Å². The lowest BCUT2D eigenvalue weighted by Crippen LogP contribution is -2.39. The first-order chi connectivity index (χ1) is 10.1. The lowest BCUT2D eigenvalue weighted by atomic mass is 10.1. The Labute approximate surface area is 126 Å². The van der Waals surface area contributed by atoms with Crippen LogP contribution in [0.2, 0.25) is 0 Å². The maximum atomic E-state index is 5.55. The van der Waals surface area contributed by atoms with Gasteiger partial charge in [0.25, 0.3) is 0 Å². The minimum absolute atomic E-state index is 0.365. The predicted octanol–water partition coefficient (Wildman–Crippen LogP) is 1.50. The largest absolute Gasteiger partial charge is 0.380 e. The van der Waals surface area contributed by atoms with E-state index in [1.54, 1.807) is 6.92 Å². The Kier molecular flexibility index (Phi) is 8.42. The average Bonchev–Trinajstić information content (AvgIpc) is 2.85. The highest BCUT2D eigenvalue weighted by Gasteiger charge is 2.02. The van der Waals surface area contributed by atoms with Crippen molar-refractivity contribution in [2.45, 2.75) is 40.7 Å². The minimum atomic E-state index is 0.365. The van der Waals surface area contributed by atoms with Crippen molar-refractivity contribution in [1.82, 2.24) is 20.8 Å². The summed E-state index contributed by atoms with van der Waals surface area (Å²) in [6.07, 6.45) is 1.09. The molecule has 0 aliphatic heterocycles. The second-order valence-corrected chi connectivity index (χ2v) is 5.15. The fraction of sp³-hybridized carbons (Fsp3) is 0.786. The minimum Gasteiger partial charge on any atom is -0.380 e. The van der Waals surface area contributed by atoms with Crippen LogP contribution in [-0.2, 0) is 11.3 Å². The topological polar surface area (TPSA) is 84.6 Å². The van der Waals surface area contributed by atoms with Gasteiger partial charge >= 0.3 is 0 Å². The molecule has 7 nitrogen and oxygen atoms in total. The summed E-state index contributed by atoms with van der Waals surface area (Å²) in [6.45, 7) is 11.5. The molecule has 0 amide bonds. The predicted molar refractivity (Wildman–Crippen MR) is 82.1 cm³/mol. The van der Waals surface area contributed by atoms with Crippen LogP contribution in [0.3, 0.4) is 0 Å². The molecule has 0 aromatic carbocycles. The van der Waals surface area contributed by atoms with Crippen LogP contribution < -0.4 is 10.6 Å². The summed E-state index contributed by atoms with van der Waals surface area (Å²) in [6, 6.07) is 0. The second-order valence-electron chi connectivity index (χ2n) is 5.15. The van der Waals surface area contributed by atoms with E-state index in [1.165, 1.54) is 0 Å². The molecular formula is C14H27N5O2. The Morgan fingerprint density at radius 3 is 2.76 bits per heavy atom. The number of rotatable bonds is 9. The molecule has 7 heteroatoms. The number of ether oxygens (including phenoxy) is 1.